The van der Waals surface area contributed by atoms with Crippen LogP contribution in [0.15, 0.2) is 60.0 Å². The van der Waals surface area contributed by atoms with E-state index in [1.54, 1.807) is 19.3 Å². The Balaban J connectivity index is 1.58. The predicted molar refractivity (Wildman–Crippen MR) is 111 cm³/mol. The van der Waals surface area contributed by atoms with E-state index in [9.17, 15) is 9.59 Å². The molecular formula is C20H22N6O2S. The average molecular weight is 411 g/mol. The number of imide groups is 1. The Bertz CT molecular complexity index is 962. The first-order valence-electron chi connectivity index (χ1n) is 9.21. The summed E-state index contributed by atoms with van der Waals surface area (Å²) in [4.78, 5) is 28.4. The lowest BCUT2D eigenvalue weighted by molar-refractivity contribution is -0.119. The minimum absolute atomic E-state index is 0.348. The number of pyridine rings is 1. The molecule has 3 rings (SSSR count). The van der Waals surface area contributed by atoms with Gasteiger partial charge < -0.3 is 9.88 Å². The predicted octanol–water partition coefficient (Wildman–Crippen LogP) is 2.87. The van der Waals surface area contributed by atoms with Crippen molar-refractivity contribution in [1.82, 2.24) is 30.4 Å². The van der Waals surface area contributed by atoms with Crippen molar-refractivity contribution in [1.29, 1.82) is 0 Å². The Hall–Kier alpha value is -3.20. The fourth-order valence-corrected chi connectivity index (χ4v) is 3.54. The molecule has 8 nitrogen and oxygen atoms in total. The van der Waals surface area contributed by atoms with Crippen LogP contribution in [0.2, 0.25) is 0 Å². The van der Waals surface area contributed by atoms with Gasteiger partial charge in [-0.1, -0.05) is 42.1 Å². The van der Waals surface area contributed by atoms with Crippen LogP contribution < -0.4 is 10.6 Å². The first-order valence-corrected chi connectivity index (χ1v) is 10.1. The average Bonchev–Trinajstić information content (AvgIpc) is 3.16. The van der Waals surface area contributed by atoms with E-state index >= 15 is 0 Å². The van der Waals surface area contributed by atoms with E-state index in [0.29, 0.717) is 24.1 Å². The molecule has 1 aromatic carbocycles. The molecule has 2 N–H and O–H groups in total. The second-order valence-electron chi connectivity index (χ2n) is 6.20. The van der Waals surface area contributed by atoms with Crippen molar-refractivity contribution in [3.05, 3.63) is 60.4 Å². The van der Waals surface area contributed by atoms with E-state index in [2.05, 4.69) is 25.8 Å². The van der Waals surface area contributed by atoms with Crippen molar-refractivity contribution < 1.29 is 9.59 Å². The number of urea groups is 1. The van der Waals surface area contributed by atoms with Gasteiger partial charge in [0.05, 0.1) is 5.25 Å². The molecule has 2 heterocycles. The Morgan fingerprint density at radius 3 is 2.52 bits per heavy atom. The summed E-state index contributed by atoms with van der Waals surface area (Å²) in [6.45, 7) is 4.71. The quantitative estimate of drug-likeness (QED) is 0.581. The Morgan fingerprint density at radius 1 is 1.10 bits per heavy atom. The number of aromatic nitrogens is 4. The largest absolute Gasteiger partial charge is 0.334 e. The molecule has 1 atom stereocenters. The minimum atomic E-state index is -0.527. The van der Waals surface area contributed by atoms with Gasteiger partial charge in [-0.05, 0) is 31.5 Å². The zero-order chi connectivity index (χ0) is 20.6. The van der Waals surface area contributed by atoms with Gasteiger partial charge >= 0.3 is 6.03 Å². The summed E-state index contributed by atoms with van der Waals surface area (Å²) in [5.41, 5.74) is 1.86. The Labute approximate surface area is 173 Å². The molecule has 0 radical (unpaired) electrons. The molecule has 0 aliphatic rings. The van der Waals surface area contributed by atoms with Crippen LogP contribution in [0.25, 0.3) is 11.4 Å². The number of nitrogens with one attached hydrogen (secondary N) is 2. The number of thioether (sulfide) groups is 1. The van der Waals surface area contributed by atoms with Gasteiger partial charge in [0, 0.05) is 31.0 Å². The molecule has 3 aromatic rings. The summed E-state index contributed by atoms with van der Waals surface area (Å²) < 4.78 is 1.93. The summed E-state index contributed by atoms with van der Waals surface area (Å²) in [6.07, 6.45) is 3.39. The number of carbonyl (C=O) groups excluding carboxylic acids is 2. The fraction of sp³-hybridized carbons (Fsp3) is 0.250. The lowest BCUT2D eigenvalue weighted by Gasteiger charge is -2.12. The van der Waals surface area contributed by atoms with Crippen molar-refractivity contribution in [2.24, 2.45) is 0 Å². The normalized spacial score (nSPS) is 11.7. The van der Waals surface area contributed by atoms with E-state index < -0.39 is 17.2 Å². The molecule has 0 unspecified atom stereocenters. The summed E-state index contributed by atoms with van der Waals surface area (Å²) >= 11 is 1.26. The van der Waals surface area contributed by atoms with Crippen LogP contribution >= 0.6 is 11.8 Å². The van der Waals surface area contributed by atoms with Crippen LogP contribution in [0.4, 0.5) is 4.79 Å². The third-order valence-corrected chi connectivity index (χ3v) is 5.24. The Kier molecular flexibility index (Phi) is 6.96. The Morgan fingerprint density at radius 2 is 1.83 bits per heavy atom. The molecule has 2 aromatic heterocycles. The van der Waals surface area contributed by atoms with Crippen LogP contribution in [-0.4, -0.2) is 36.9 Å². The van der Waals surface area contributed by atoms with Crippen LogP contribution in [0.3, 0.4) is 0 Å². The zero-order valence-electron chi connectivity index (χ0n) is 16.2. The van der Waals surface area contributed by atoms with Crippen molar-refractivity contribution in [2.45, 2.75) is 37.3 Å². The monoisotopic (exact) mass is 410 g/mol. The lowest BCUT2D eigenvalue weighted by atomic mass is 10.2. The molecule has 0 saturated carbocycles. The maximum Gasteiger partial charge on any atom is 0.321 e. The van der Waals surface area contributed by atoms with Gasteiger partial charge in [0.15, 0.2) is 11.0 Å². The number of nitrogens with zero attached hydrogens (tertiary/aromatic N) is 4. The minimum Gasteiger partial charge on any atom is -0.334 e. The number of amides is 3. The number of hydrogen-bond acceptors (Lipinski definition) is 6. The van der Waals surface area contributed by atoms with Crippen molar-refractivity contribution >= 4 is 23.7 Å². The van der Waals surface area contributed by atoms with Crippen LogP contribution in [0.1, 0.15) is 19.4 Å². The summed E-state index contributed by atoms with van der Waals surface area (Å²) in [6, 6.07) is 12.7. The van der Waals surface area contributed by atoms with E-state index in [4.69, 9.17) is 0 Å². The second-order valence-corrected chi connectivity index (χ2v) is 7.51. The lowest BCUT2D eigenvalue weighted by Crippen LogP contribution is -2.42. The molecule has 0 aliphatic heterocycles. The SMILES string of the molecule is CCn1c(S[C@H](C)C(=O)NC(=O)NCc2ccccc2)nnc1-c1ccncc1. The topological polar surface area (TPSA) is 102 Å². The van der Waals surface area contributed by atoms with Gasteiger partial charge in [-0.15, -0.1) is 10.2 Å². The molecule has 3 amide bonds. The standard InChI is InChI=1S/C20H22N6O2S/c1-3-26-17(16-9-11-21-12-10-16)24-25-20(26)29-14(2)18(27)23-19(28)22-13-15-7-5-4-6-8-15/h4-12,14H,3,13H2,1-2H3,(H2,22,23,27,28)/t14-/m1/s1. The number of benzene rings is 1. The van der Waals surface area contributed by atoms with Gasteiger partial charge in [-0.25, -0.2) is 4.79 Å². The summed E-state index contributed by atoms with van der Waals surface area (Å²) in [5.74, 6) is 0.322. The maximum absolute atomic E-state index is 12.4. The third-order valence-electron chi connectivity index (χ3n) is 4.16. The number of hydrogen-bond donors (Lipinski definition) is 2. The van der Waals surface area contributed by atoms with Gasteiger partial charge in [0.2, 0.25) is 5.91 Å². The molecule has 9 heteroatoms. The fourth-order valence-electron chi connectivity index (χ4n) is 2.62. The highest BCUT2D eigenvalue weighted by Crippen LogP contribution is 2.26. The number of carbonyl (C=O) groups is 2. The van der Waals surface area contributed by atoms with Crippen molar-refractivity contribution in [3.8, 4) is 11.4 Å². The van der Waals surface area contributed by atoms with Crippen molar-refractivity contribution in [2.75, 3.05) is 0 Å². The zero-order valence-corrected chi connectivity index (χ0v) is 17.0. The van der Waals surface area contributed by atoms with E-state index in [1.165, 1.54) is 11.8 Å². The van der Waals surface area contributed by atoms with Crippen molar-refractivity contribution in [3.63, 3.8) is 0 Å². The number of rotatable bonds is 7. The molecule has 0 bridgehead atoms. The smallest absolute Gasteiger partial charge is 0.321 e. The van der Waals surface area contributed by atoms with Gasteiger partial charge in [0.25, 0.3) is 0 Å². The first kappa shape index (κ1) is 20.5. The highest BCUT2D eigenvalue weighted by Gasteiger charge is 2.21. The van der Waals surface area contributed by atoms with E-state index in [1.807, 2.05) is 54.0 Å². The van der Waals surface area contributed by atoms with Gasteiger partial charge in [-0.2, -0.15) is 0 Å². The maximum atomic E-state index is 12.4. The highest BCUT2D eigenvalue weighted by atomic mass is 32.2. The van der Waals surface area contributed by atoms with Gasteiger partial charge in [0.1, 0.15) is 0 Å². The molecule has 0 aliphatic carbocycles. The van der Waals surface area contributed by atoms with Crippen LogP contribution in [-0.2, 0) is 17.9 Å². The molecule has 0 fully saturated rings. The highest BCUT2D eigenvalue weighted by molar-refractivity contribution is 8.00. The third kappa shape index (κ3) is 5.41. The van der Waals surface area contributed by atoms with Crippen LogP contribution in [0, 0.1) is 0 Å². The molecule has 0 saturated heterocycles. The second kappa shape index (κ2) is 9.83. The molecule has 0 spiro atoms. The van der Waals surface area contributed by atoms with E-state index in [-0.39, 0.29) is 0 Å². The van der Waals surface area contributed by atoms with Crippen LogP contribution in [0.5, 0.6) is 0 Å². The summed E-state index contributed by atoms with van der Waals surface area (Å²) in [7, 11) is 0. The molecular weight excluding hydrogens is 388 g/mol. The molecule has 150 valence electrons. The van der Waals surface area contributed by atoms with Gasteiger partial charge in [-0.3, -0.25) is 15.1 Å². The first-order chi connectivity index (χ1) is 14.1. The summed E-state index contributed by atoms with van der Waals surface area (Å²) in [5, 5.41) is 13.6. The van der Waals surface area contributed by atoms with E-state index in [0.717, 1.165) is 11.1 Å². The molecule has 29 heavy (non-hydrogen) atoms.